The number of fused-ring (bicyclic) bond motifs is 1. The lowest BCUT2D eigenvalue weighted by Gasteiger charge is -2.24. The average molecular weight is 329 g/mol. The van der Waals surface area contributed by atoms with E-state index in [0.717, 1.165) is 43.7 Å². The molecule has 6 nitrogen and oxygen atoms in total. The van der Waals surface area contributed by atoms with Gasteiger partial charge < -0.3 is 15.2 Å². The van der Waals surface area contributed by atoms with E-state index in [1.165, 1.54) is 5.56 Å². The Morgan fingerprint density at radius 2 is 2.29 bits per heavy atom. The highest BCUT2D eigenvalue weighted by Gasteiger charge is 2.25. The maximum absolute atomic E-state index is 12.3. The van der Waals surface area contributed by atoms with Gasteiger partial charge in [0.25, 0.3) is 5.91 Å². The van der Waals surface area contributed by atoms with Crippen molar-refractivity contribution in [2.45, 2.75) is 45.8 Å². The summed E-state index contributed by atoms with van der Waals surface area (Å²) in [6.45, 7) is 6.69. The largest absolute Gasteiger partial charge is 0.357 e. The molecule has 1 aliphatic heterocycles. The fraction of sp³-hybridized carbons (Fsp3) is 0.556. The van der Waals surface area contributed by atoms with Gasteiger partial charge in [-0.25, -0.2) is 0 Å². The molecule has 0 aliphatic carbocycles. The molecule has 0 unspecified atom stereocenters. The summed E-state index contributed by atoms with van der Waals surface area (Å²) in [6, 6.07) is 2.28. The van der Waals surface area contributed by atoms with Crippen molar-refractivity contribution in [2.24, 2.45) is 13.0 Å². The fourth-order valence-corrected chi connectivity index (χ4v) is 3.29. The second-order valence-corrected chi connectivity index (χ2v) is 7.03. The lowest BCUT2D eigenvalue weighted by molar-refractivity contribution is 0.0941. The van der Waals surface area contributed by atoms with Gasteiger partial charge in [-0.1, -0.05) is 0 Å². The van der Waals surface area contributed by atoms with Gasteiger partial charge in [0.05, 0.1) is 17.5 Å². The van der Waals surface area contributed by atoms with E-state index in [9.17, 15) is 4.79 Å². The van der Waals surface area contributed by atoms with Crippen LogP contribution in [0.5, 0.6) is 0 Å². The molecule has 1 atom stereocenters. The molecule has 1 amide bonds. The van der Waals surface area contributed by atoms with Gasteiger partial charge in [-0.2, -0.15) is 5.10 Å². The third kappa shape index (κ3) is 3.87. The molecule has 3 heterocycles. The van der Waals surface area contributed by atoms with Gasteiger partial charge in [0.1, 0.15) is 0 Å². The van der Waals surface area contributed by atoms with E-state index >= 15 is 0 Å². The van der Waals surface area contributed by atoms with Gasteiger partial charge in [-0.15, -0.1) is 0 Å². The predicted octanol–water partition coefficient (Wildman–Crippen LogP) is 1.71. The molecule has 130 valence electrons. The summed E-state index contributed by atoms with van der Waals surface area (Å²) in [5.41, 5.74) is 3.11. The number of rotatable bonds is 6. The van der Waals surface area contributed by atoms with Crippen molar-refractivity contribution in [3.63, 3.8) is 0 Å². The number of hydrogen-bond acceptors (Lipinski definition) is 3. The first-order valence-electron chi connectivity index (χ1n) is 8.70. The maximum Gasteiger partial charge on any atom is 0.254 e. The van der Waals surface area contributed by atoms with Crippen LogP contribution in [0.3, 0.4) is 0 Å². The van der Waals surface area contributed by atoms with E-state index in [0.29, 0.717) is 5.92 Å². The Balaban J connectivity index is 1.57. The second kappa shape index (κ2) is 7.21. The molecule has 1 aliphatic rings. The molecule has 0 radical (unpaired) electrons. The highest BCUT2D eigenvalue weighted by Crippen LogP contribution is 2.22. The minimum absolute atomic E-state index is 0.0101. The molecule has 0 saturated carbocycles. The van der Waals surface area contributed by atoms with Crippen molar-refractivity contribution in [3.8, 4) is 0 Å². The molecule has 0 saturated heterocycles. The summed E-state index contributed by atoms with van der Waals surface area (Å²) in [5, 5.41) is 10.9. The van der Waals surface area contributed by atoms with Crippen molar-refractivity contribution >= 4 is 5.91 Å². The summed E-state index contributed by atoms with van der Waals surface area (Å²) in [5.74, 6) is 0.535. The Hall–Kier alpha value is -2.08. The molecule has 0 bridgehead atoms. The number of hydrogen-bond donors (Lipinski definition) is 2. The van der Waals surface area contributed by atoms with E-state index in [-0.39, 0.29) is 11.9 Å². The number of carbonyl (C=O) groups excluding carboxylic acids is 1. The molecule has 0 aromatic carbocycles. The third-order valence-corrected chi connectivity index (χ3v) is 4.50. The number of nitrogens with zero attached hydrogens (tertiary/aromatic N) is 3. The number of amides is 1. The molecule has 0 spiro atoms. The number of carbonyl (C=O) groups is 1. The number of aryl methyl sites for hydroxylation is 2. The van der Waals surface area contributed by atoms with Gasteiger partial charge in [0, 0.05) is 38.6 Å². The summed E-state index contributed by atoms with van der Waals surface area (Å²) >= 11 is 0. The minimum Gasteiger partial charge on any atom is -0.357 e. The van der Waals surface area contributed by atoms with Crippen LogP contribution in [0.25, 0.3) is 0 Å². The second-order valence-electron chi connectivity index (χ2n) is 7.03. The van der Waals surface area contributed by atoms with E-state index < -0.39 is 0 Å². The minimum atomic E-state index is -0.0101. The van der Waals surface area contributed by atoms with Gasteiger partial charge >= 0.3 is 0 Å². The van der Waals surface area contributed by atoms with Crippen LogP contribution in [0.2, 0.25) is 0 Å². The number of aromatic nitrogens is 3. The van der Waals surface area contributed by atoms with Gasteiger partial charge in [0.2, 0.25) is 0 Å². The van der Waals surface area contributed by atoms with E-state index in [1.54, 1.807) is 6.20 Å². The average Bonchev–Trinajstić information content (AvgIpc) is 3.12. The summed E-state index contributed by atoms with van der Waals surface area (Å²) < 4.78 is 4.05. The molecule has 2 N–H and O–H groups in total. The first-order chi connectivity index (χ1) is 11.5. The van der Waals surface area contributed by atoms with E-state index in [1.807, 2.05) is 25.6 Å². The monoisotopic (exact) mass is 329 g/mol. The van der Waals surface area contributed by atoms with Crippen molar-refractivity contribution in [1.82, 2.24) is 25.0 Å². The maximum atomic E-state index is 12.3. The summed E-state index contributed by atoms with van der Waals surface area (Å²) in [7, 11) is 2.04. The van der Waals surface area contributed by atoms with Gasteiger partial charge in [-0.3, -0.25) is 9.48 Å². The Bertz CT molecular complexity index is 700. The quantitative estimate of drug-likeness (QED) is 0.848. The summed E-state index contributed by atoms with van der Waals surface area (Å²) in [4.78, 5) is 12.3. The smallest absolute Gasteiger partial charge is 0.254 e. The van der Waals surface area contributed by atoms with E-state index in [4.69, 9.17) is 0 Å². The fourth-order valence-electron chi connectivity index (χ4n) is 3.29. The topological polar surface area (TPSA) is 63.9 Å². The van der Waals surface area contributed by atoms with Gasteiger partial charge in [0.15, 0.2) is 0 Å². The van der Waals surface area contributed by atoms with Crippen molar-refractivity contribution in [3.05, 3.63) is 41.5 Å². The van der Waals surface area contributed by atoms with Crippen LogP contribution in [0.1, 0.15) is 41.9 Å². The molecule has 2 aromatic rings. The zero-order valence-electron chi connectivity index (χ0n) is 14.7. The Labute approximate surface area is 143 Å². The third-order valence-electron chi connectivity index (χ3n) is 4.50. The first kappa shape index (κ1) is 16.8. The van der Waals surface area contributed by atoms with Crippen molar-refractivity contribution in [2.75, 3.05) is 6.54 Å². The lowest BCUT2D eigenvalue weighted by Crippen LogP contribution is -2.33. The van der Waals surface area contributed by atoms with Crippen molar-refractivity contribution < 1.29 is 4.79 Å². The lowest BCUT2D eigenvalue weighted by atomic mass is 9.94. The van der Waals surface area contributed by atoms with Gasteiger partial charge in [-0.05, 0) is 50.8 Å². The molecule has 3 rings (SSSR count). The normalized spacial score (nSPS) is 17.1. The number of nitrogens with one attached hydrogen (secondary N) is 2. The SMILES string of the molecule is CC(C)NC(=O)c1cnn2c1C[C@H](CNCc1ccn(C)c1)CC2. The Morgan fingerprint density at radius 3 is 3.00 bits per heavy atom. The molecular formula is C18H27N5O. The van der Waals surface area contributed by atoms with Crippen LogP contribution in [-0.2, 0) is 26.6 Å². The molecule has 24 heavy (non-hydrogen) atoms. The highest BCUT2D eigenvalue weighted by atomic mass is 16.1. The van der Waals surface area contributed by atoms with Crippen LogP contribution < -0.4 is 10.6 Å². The molecule has 2 aromatic heterocycles. The Kier molecular flexibility index (Phi) is 5.04. The molecule has 6 heteroatoms. The molecule has 0 fully saturated rings. The van der Waals surface area contributed by atoms with E-state index in [2.05, 4.69) is 38.8 Å². The zero-order valence-corrected chi connectivity index (χ0v) is 14.7. The zero-order chi connectivity index (χ0) is 17.1. The predicted molar refractivity (Wildman–Crippen MR) is 93.8 cm³/mol. The van der Waals surface area contributed by atoms with Crippen LogP contribution in [0.15, 0.2) is 24.7 Å². The Morgan fingerprint density at radius 1 is 1.46 bits per heavy atom. The standard InChI is InChI=1S/C18H27N5O/c1-13(2)21-18(24)16-11-20-23-7-5-14(8-17(16)23)9-19-10-15-4-6-22(3)12-15/h4,6,11-14,19H,5,7-10H2,1-3H3,(H,21,24)/t14-/m1/s1. The molecular weight excluding hydrogens is 302 g/mol. The van der Waals surface area contributed by atoms with Crippen molar-refractivity contribution in [1.29, 1.82) is 0 Å². The highest BCUT2D eigenvalue weighted by molar-refractivity contribution is 5.95. The van der Waals surface area contributed by atoms with Crippen LogP contribution >= 0.6 is 0 Å². The summed E-state index contributed by atoms with van der Waals surface area (Å²) in [6.07, 6.45) is 7.92. The van der Waals surface area contributed by atoms with Crippen LogP contribution in [-0.4, -0.2) is 32.8 Å². The van der Waals surface area contributed by atoms with Crippen LogP contribution in [0, 0.1) is 5.92 Å². The first-order valence-corrected chi connectivity index (χ1v) is 8.70. The van der Waals surface area contributed by atoms with Crippen LogP contribution in [0.4, 0.5) is 0 Å².